The second kappa shape index (κ2) is 6.47. The number of carbonyl (C=O) groups is 1. The first-order valence-electron chi connectivity index (χ1n) is 6.41. The summed E-state index contributed by atoms with van der Waals surface area (Å²) in [6.45, 7) is 6.09. The largest absolute Gasteiger partial charge is 0.462 e. The average molecular weight is 291 g/mol. The molecule has 0 atom stereocenters. The molecule has 0 aliphatic heterocycles. The van der Waals surface area contributed by atoms with Gasteiger partial charge in [-0.2, -0.15) is 0 Å². The minimum Gasteiger partial charge on any atom is -0.462 e. The number of hydrogen-bond acceptors (Lipinski definition) is 5. The molecule has 0 fully saturated rings. The molecular formula is C14H17N3O2S. The van der Waals surface area contributed by atoms with Crippen molar-refractivity contribution >= 4 is 28.5 Å². The molecule has 106 valence electrons. The molecule has 0 bridgehead atoms. The van der Waals surface area contributed by atoms with Crippen LogP contribution < -0.4 is 5.32 Å². The maximum Gasteiger partial charge on any atom is 0.250 e. The standard InChI is InChI=1S/C14H17N3O2S/c1-9(2)8-13-16-17-14(20-13)15-12(18)7-6-11-5-4-10(3)19-11/h4-7,9H,8H2,1-3H3,(H,15,17,18). The van der Waals surface area contributed by atoms with Crippen LogP contribution in [0.2, 0.25) is 0 Å². The predicted octanol–water partition coefficient (Wildman–Crippen LogP) is 3.29. The van der Waals surface area contributed by atoms with Crippen molar-refractivity contribution in [2.24, 2.45) is 5.92 Å². The molecule has 0 spiro atoms. The Labute approximate surface area is 121 Å². The Hall–Kier alpha value is -1.95. The molecule has 5 nitrogen and oxygen atoms in total. The molecule has 2 aromatic heterocycles. The number of hydrogen-bond donors (Lipinski definition) is 1. The van der Waals surface area contributed by atoms with Crippen LogP contribution in [0.5, 0.6) is 0 Å². The Balaban J connectivity index is 1.91. The van der Waals surface area contributed by atoms with Gasteiger partial charge in [0, 0.05) is 12.5 Å². The van der Waals surface area contributed by atoms with Crippen LogP contribution in [0.4, 0.5) is 5.13 Å². The number of furan rings is 1. The Bertz CT molecular complexity index is 613. The van der Waals surface area contributed by atoms with Gasteiger partial charge in [0.05, 0.1) is 0 Å². The molecule has 6 heteroatoms. The monoisotopic (exact) mass is 291 g/mol. The van der Waals surface area contributed by atoms with Crippen LogP contribution in [-0.4, -0.2) is 16.1 Å². The molecule has 2 rings (SSSR count). The van der Waals surface area contributed by atoms with E-state index in [-0.39, 0.29) is 5.91 Å². The molecule has 0 aromatic carbocycles. The SMILES string of the molecule is Cc1ccc(C=CC(=O)Nc2nnc(CC(C)C)s2)o1. The van der Waals surface area contributed by atoms with Gasteiger partial charge in [0.15, 0.2) is 0 Å². The summed E-state index contributed by atoms with van der Waals surface area (Å²) in [5, 5.41) is 12.1. The highest BCUT2D eigenvalue weighted by Gasteiger charge is 2.07. The third-order valence-electron chi connectivity index (χ3n) is 2.44. The molecule has 0 aliphatic rings. The van der Waals surface area contributed by atoms with Crippen molar-refractivity contribution < 1.29 is 9.21 Å². The number of nitrogens with one attached hydrogen (secondary N) is 1. The van der Waals surface area contributed by atoms with Crippen molar-refractivity contribution in [2.75, 3.05) is 5.32 Å². The summed E-state index contributed by atoms with van der Waals surface area (Å²) >= 11 is 1.40. The first-order chi connectivity index (χ1) is 9.52. The highest BCUT2D eigenvalue weighted by molar-refractivity contribution is 7.15. The highest BCUT2D eigenvalue weighted by Crippen LogP contribution is 2.18. The van der Waals surface area contributed by atoms with Crippen molar-refractivity contribution in [3.8, 4) is 0 Å². The first kappa shape index (κ1) is 14.5. The Morgan fingerprint density at radius 2 is 2.25 bits per heavy atom. The number of aryl methyl sites for hydroxylation is 1. The number of nitrogens with zero attached hydrogens (tertiary/aromatic N) is 2. The second-order valence-electron chi connectivity index (χ2n) is 4.87. The van der Waals surface area contributed by atoms with Crippen molar-refractivity contribution in [2.45, 2.75) is 27.2 Å². The molecule has 0 saturated heterocycles. The van der Waals surface area contributed by atoms with E-state index in [0.29, 0.717) is 16.8 Å². The molecule has 20 heavy (non-hydrogen) atoms. The summed E-state index contributed by atoms with van der Waals surface area (Å²) in [6.07, 6.45) is 3.91. The molecule has 1 N–H and O–H groups in total. The zero-order chi connectivity index (χ0) is 14.5. The lowest BCUT2D eigenvalue weighted by Crippen LogP contribution is -2.07. The van der Waals surface area contributed by atoms with Crippen LogP contribution in [0, 0.1) is 12.8 Å². The quantitative estimate of drug-likeness (QED) is 0.858. The predicted molar refractivity (Wildman–Crippen MR) is 79.6 cm³/mol. The van der Waals surface area contributed by atoms with Gasteiger partial charge < -0.3 is 4.42 Å². The van der Waals surface area contributed by atoms with Crippen molar-refractivity contribution in [1.29, 1.82) is 0 Å². The van der Waals surface area contributed by atoms with E-state index in [4.69, 9.17) is 4.42 Å². The fourth-order valence-electron chi connectivity index (χ4n) is 1.58. The number of aromatic nitrogens is 2. The molecule has 0 aliphatic carbocycles. The average Bonchev–Trinajstić information content (AvgIpc) is 2.95. The third kappa shape index (κ3) is 4.31. The summed E-state index contributed by atoms with van der Waals surface area (Å²) in [5.41, 5.74) is 0. The fourth-order valence-corrected chi connectivity index (χ4v) is 2.54. The van der Waals surface area contributed by atoms with Gasteiger partial charge in [0.2, 0.25) is 11.0 Å². The van der Waals surface area contributed by atoms with E-state index < -0.39 is 0 Å². The first-order valence-corrected chi connectivity index (χ1v) is 7.22. The molecule has 2 aromatic rings. The summed E-state index contributed by atoms with van der Waals surface area (Å²) in [4.78, 5) is 11.7. The van der Waals surface area contributed by atoms with Gasteiger partial charge in [-0.15, -0.1) is 10.2 Å². The molecule has 0 unspecified atom stereocenters. The van der Waals surface area contributed by atoms with Crippen molar-refractivity contribution in [1.82, 2.24) is 10.2 Å². The van der Waals surface area contributed by atoms with Gasteiger partial charge in [-0.05, 0) is 31.1 Å². The Morgan fingerprint density at radius 3 is 2.90 bits per heavy atom. The molecule has 0 radical (unpaired) electrons. The normalized spacial score (nSPS) is 11.4. The van der Waals surface area contributed by atoms with Gasteiger partial charge in [0.25, 0.3) is 0 Å². The van der Waals surface area contributed by atoms with Crippen LogP contribution in [0.25, 0.3) is 6.08 Å². The summed E-state index contributed by atoms with van der Waals surface area (Å²) in [7, 11) is 0. The van der Waals surface area contributed by atoms with Crippen LogP contribution in [0.15, 0.2) is 22.6 Å². The van der Waals surface area contributed by atoms with E-state index in [0.717, 1.165) is 17.2 Å². The Kier molecular flexibility index (Phi) is 4.68. The summed E-state index contributed by atoms with van der Waals surface area (Å²) < 4.78 is 5.34. The number of anilines is 1. The minimum absolute atomic E-state index is 0.244. The van der Waals surface area contributed by atoms with Gasteiger partial charge >= 0.3 is 0 Å². The van der Waals surface area contributed by atoms with E-state index in [1.54, 1.807) is 6.08 Å². The van der Waals surface area contributed by atoms with Crippen molar-refractivity contribution in [3.63, 3.8) is 0 Å². The van der Waals surface area contributed by atoms with E-state index >= 15 is 0 Å². The van der Waals surface area contributed by atoms with E-state index in [1.807, 2.05) is 19.1 Å². The zero-order valence-corrected chi connectivity index (χ0v) is 12.5. The van der Waals surface area contributed by atoms with Crippen LogP contribution in [-0.2, 0) is 11.2 Å². The molecule has 0 saturated carbocycles. The third-order valence-corrected chi connectivity index (χ3v) is 3.30. The van der Waals surface area contributed by atoms with Crippen molar-refractivity contribution in [3.05, 3.63) is 34.7 Å². The molecular weight excluding hydrogens is 274 g/mol. The van der Waals surface area contributed by atoms with Crippen LogP contribution in [0.3, 0.4) is 0 Å². The van der Waals surface area contributed by atoms with Gasteiger partial charge in [-0.3, -0.25) is 10.1 Å². The summed E-state index contributed by atoms with van der Waals surface area (Å²) in [5.74, 6) is 1.74. The maximum atomic E-state index is 11.7. The zero-order valence-electron chi connectivity index (χ0n) is 11.7. The number of carbonyl (C=O) groups excluding carboxylic acids is 1. The van der Waals surface area contributed by atoms with Gasteiger partial charge in [0.1, 0.15) is 16.5 Å². The molecule has 2 heterocycles. The lowest BCUT2D eigenvalue weighted by Gasteiger charge is -1.97. The smallest absolute Gasteiger partial charge is 0.250 e. The van der Waals surface area contributed by atoms with E-state index in [9.17, 15) is 4.79 Å². The second-order valence-corrected chi connectivity index (χ2v) is 5.93. The molecule has 1 amide bonds. The van der Waals surface area contributed by atoms with Gasteiger partial charge in [-0.25, -0.2) is 0 Å². The van der Waals surface area contributed by atoms with Crippen LogP contribution in [0.1, 0.15) is 30.4 Å². The van der Waals surface area contributed by atoms with Crippen LogP contribution >= 0.6 is 11.3 Å². The lowest BCUT2D eigenvalue weighted by molar-refractivity contribution is -0.111. The minimum atomic E-state index is -0.244. The maximum absolute atomic E-state index is 11.7. The highest BCUT2D eigenvalue weighted by atomic mass is 32.1. The number of rotatable bonds is 5. The summed E-state index contributed by atoms with van der Waals surface area (Å²) in [6, 6.07) is 3.66. The van der Waals surface area contributed by atoms with E-state index in [2.05, 4.69) is 29.4 Å². The Morgan fingerprint density at radius 1 is 1.45 bits per heavy atom. The fraction of sp³-hybridized carbons (Fsp3) is 0.357. The van der Waals surface area contributed by atoms with E-state index in [1.165, 1.54) is 17.4 Å². The topological polar surface area (TPSA) is 68.0 Å². The number of amides is 1. The lowest BCUT2D eigenvalue weighted by atomic mass is 10.1. The van der Waals surface area contributed by atoms with Gasteiger partial charge in [-0.1, -0.05) is 25.2 Å².